The van der Waals surface area contributed by atoms with Crippen LogP contribution in [0, 0.1) is 23.2 Å². The smallest absolute Gasteiger partial charge is 0.136 e. The molecule has 12 heavy (non-hydrogen) atoms. The molecule has 0 aromatic heterocycles. The van der Waals surface area contributed by atoms with Crippen molar-refractivity contribution in [1.82, 2.24) is 0 Å². The van der Waals surface area contributed by atoms with E-state index in [-0.39, 0.29) is 0 Å². The molecular formula is C11H18O. The maximum atomic E-state index is 11.5. The third kappa shape index (κ3) is 0.884. The van der Waals surface area contributed by atoms with E-state index >= 15 is 0 Å². The predicted molar refractivity (Wildman–Crippen MR) is 48.8 cm³/mol. The average Bonchev–Trinajstić information content (AvgIpc) is 2.18. The van der Waals surface area contributed by atoms with Gasteiger partial charge in [-0.15, -0.1) is 0 Å². The van der Waals surface area contributed by atoms with Crippen molar-refractivity contribution in [3.8, 4) is 0 Å². The molecule has 0 heterocycles. The molecule has 0 aromatic carbocycles. The fourth-order valence-corrected chi connectivity index (χ4v) is 3.16. The second kappa shape index (κ2) is 2.34. The van der Waals surface area contributed by atoms with Crippen LogP contribution in [0.3, 0.4) is 0 Å². The molecule has 2 unspecified atom stereocenters. The quantitative estimate of drug-likeness (QED) is 0.540. The van der Waals surface area contributed by atoms with E-state index in [2.05, 4.69) is 20.8 Å². The van der Waals surface area contributed by atoms with Crippen molar-refractivity contribution >= 4 is 5.78 Å². The maximum absolute atomic E-state index is 11.5. The number of carbonyl (C=O) groups is 1. The van der Waals surface area contributed by atoms with Crippen LogP contribution in [0.25, 0.3) is 0 Å². The summed E-state index contributed by atoms with van der Waals surface area (Å²) in [4.78, 5) is 11.5. The minimum absolute atomic E-state index is 0.332. The first-order valence-corrected chi connectivity index (χ1v) is 5.06. The normalized spacial score (nSPS) is 44.9. The first-order valence-electron chi connectivity index (χ1n) is 5.06. The number of ketones is 1. The fourth-order valence-electron chi connectivity index (χ4n) is 3.16. The van der Waals surface area contributed by atoms with Crippen LogP contribution in [-0.4, -0.2) is 5.78 Å². The molecule has 0 aromatic rings. The summed E-state index contributed by atoms with van der Waals surface area (Å²) in [5.41, 5.74) is 0.450. The lowest BCUT2D eigenvalue weighted by molar-refractivity contribution is -0.126. The van der Waals surface area contributed by atoms with Crippen molar-refractivity contribution < 1.29 is 4.79 Å². The van der Waals surface area contributed by atoms with Gasteiger partial charge in [-0.1, -0.05) is 20.8 Å². The third-order valence-electron chi connectivity index (χ3n) is 4.40. The Kier molecular flexibility index (Phi) is 1.61. The summed E-state index contributed by atoms with van der Waals surface area (Å²) in [6.45, 7) is 6.79. The van der Waals surface area contributed by atoms with Gasteiger partial charge in [-0.05, 0) is 30.1 Å². The van der Waals surface area contributed by atoms with Crippen LogP contribution in [0.2, 0.25) is 0 Å². The largest absolute Gasteiger partial charge is 0.299 e. The van der Waals surface area contributed by atoms with Gasteiger partial charge in [-0.2, -0.15) is 0 Å². The lowest BCUT2D eigenvalue weighted by atomic mass is 9.52. The Balaban J connectivity index is 2.24. The predicted octanol–water partition coefficient (Wildman–Crippen LogP) is 2.65. The molecule has 3 atom stereocenters. The van der Waals surface area contributed by atoms with Gasteiger partial charge >= 0.3 is 0 Å². The molecule has 3 saturated carbocycles. The van der Waals surface area contributed by atoms with Crippen molar-refractivity contribution in [2.24, 2.45) is 23.2 Å². The highest BCUT2D eigenvalue weighted by Gasteiger charge is 2.53. The van der Waals surface area contributed by atoms with Crippen LogP contribution < -0.4 is 0 Å². The van der Waals surface area contributed by atoms with Gasteiger partial charge in [0.25, 0.3) is 0 Å². The summed E-state index contributed by atoms with van der Waals surface area (Å²) >= 11 is 0. The van der Waals surface area contributed by atoms with E-state index in [4.69, 9.17) is 0 Å². The molecule has 0 N–H and O–H groups in total. The van der Waals surface area contributed by atoms with Gasteiger partial charge in [-0.25, -0.2) is 0 Å². The lowest BCUT2D eigenvalue weighted by Gasteiger charge is -2.52. The molecule has 0 aliphatic heterocycles. The highest BCUT2D eigenvalue weighted by atomic mass is 16.1. The van der Waals surface area contributed by atoms with Crippen molar-refractivity contribution in [3.63, 3.8) is 0 Å². The monoisotopic (exact) mass is 166 g/mol. The Hall–Kier alpha value is -0.330. The summed E-state index contributed by atoms with van der Waals surface area (Å²) < 4.78 is 0. The molecule has 3 aliphatic carbocycles. The van der Waals surface area contributed by atoms with Gasteiger partial charge < -0.3 is 0 Å². The molecule has 0 amide bonds. The van der Waals surface area contributed by atoms with Crippen LogP contribution in [0.5, 0.6) is 0 Å². The Morgan fingerprint density at radius 1 is 1.42 bits per heavy atom. The number of fused-ring (bicyclic) bond motifs is 3. The summed E-state index contributed by atoms with van der Waals surface area (Å²) in [6, 6.07) is 0. The molecule has 0 radical (unpaired) electrons. The molecule has 1 heteroatoms. The molecule has 2 bridgehead atoms. The third-order valence-corrected chi connectivity index (χ3v) is 4.40. The SMILES string of the molecule is C[C@@H]1C(=O)CCC2CC1C2(C)C. The van der Waals surface area contributed by atoms with Crippen LogP contribution in [-0.2, 0) is 4.79 Å². The van der Waals surface area contributed by atoms with E-state index in [0.29, 0.717) is 23.0 Å². The number of carbonyl (C=O) groups excluding carboxylic acids is 1. The standard InChI is InChI=1S/C11H18O/c1-7-9-6-8(11(9,2)3)4-5-10(7)12/h7-9H,4-6H2,1-3H3/t7-,8?,9?/m0/s1. The van der Waals surface area contributed by atoms with E-state index in [9.17, 15) is 4.79 Å². The number of rotatable bonds is 0. The second-order valence-electron chi connectivity index (χ2n) is 5.15. The van der Waals surface area contributed by atoms with E-state index in [0.717, 1.165) is 18.8 Å². The molecule has 68 valence electrons. The molecule has 3 rings (SSSR count). The number of hydrogen-bond acceptors (Lipinski definition) is 1. The van der Waals surface area contributed by atoms with Crippen LogP contribution in [0.1, 0.15) is 40.0 Å². The molecule has 1 nitrogen and oxygen atoms in total. The number of Topliss-reactive ketones (excluding diaryl/α,β-unsaturated/α-hetero) is 1. The first-order chi connectivity index (χ1) is 5.53. The Bertz CT molecular complexity index is 217. The minimum atomic E-state index is 0.332. The highest BCUT2D eigenvalue weighted by Crippen LogP contribution is 2.58. The molecular weight excluding hydrogens is 148 g/mol. The van der Waals surface area contributed by atoms with Gasteiger partial charge in [0.2, 0.25) is 0 Å². The van der Waals surface area contributed by atoms with Gasteiger partial charge in [0.05, 0.1) is 0 Å². The molecule has 3 aliphatic rings. The number of hydrogen-bond donors (Lipinski definition) is 0. The zero-order valence-corrected chi connectivity index (χ0v) is 8.26. The van der Waals surface area contributed by atoms with Crippen LogP contribution >= 0.6 is 0 Å². The average molecular weight is 166 g/mol. The summed E-state index contributed by atoms with van der Waals surface area (Å²) in [5.74, 6) is 2.35. The van der Waals surface area contributed by atoms with Gasteiger partial charge in [-0.3, -0.25) is 4.79 Å². The van der Waals surface area contributed by atoms with Gasteiger partial charge in [0.15, 0.2) is 0 Å². The topological polar surface area (TPSA) is 17.1 Å². The summed E-state index contributed by atoms with van der Waals surface area (Å²) in [7, 11) is 0. The second-order valence-corrected chi connectivity index (χ2v) is 5.15. The molecule has 0 spiro atoms. The Morgan fingerprint density at radius 2 is 2.08 bits per heavy atom. The van der Waals surface area contributed by atoms with Crippen molar-refractivity contribution in [2.75, 3.05) is 0 Å². The lowest BCUT2D eigenvalue weighted by Crippen LogP contribution is -2.46. The molecule has 0 saturated heterocycles. The van der Waals surface area contributed by atoms with Gasteiger partial charge in [0, 0.05) is 12.3 Å². The fraction of sp³-hybridized carbons (Fsp3) is 0.909. The highest BCUT2D eigenvalue weighted by molar-refractivity contribution is 5.81. The van der Waals surface area contributed by atoms with Crippen LogP contribution in [0.15, 0.2) is 0 Å². The zero-order chi connectivity index (χ0) is 8.93. The Morgan fingerprint density at radius 3 is 2.67 bits per heavy atom. The Labute approximate surface area is 74.5 Å². The first kappa shape index (κ1) is 8.28. The summed E-state index contributed by atoms with van der Waals surface area (Å²) in [5, 5.41) is 0. The van der Waals surface area contributed by atoms with E-state index < -0.39 is 0 Å². The maximum Gasteiger partial charge on any atom is 0.136 e. The van der Waals surface area contributed by atoms with Crippen molar-refractivity contribution in [1.29, 1.82) is 0 Å². The molecule has 3 fully saturated rings. The van der Waals surface area contributed by atoms with Gasteiger partial charge in [0.1, 0.15) is 5.78 Å². The van der Waals surface area contributed by atoms with Crippen molar-refractivity contribution in [3.05, 3.63) is 0 Å². The van der Waals surface area contributed by atoms with E-state index in [1.807, 2.05) is 0 Å². The summed E-state index contributed by atoms with van der Waals surface area (Å²) in [6.07, 6.45) is 3.29. The van der Waals surface area contributed by atoms with E-state index in [1.54, 1.807) is 0 Å². The zero-order valence-electron chi connectivity index (χ0n) is 8.26. The van der Waals surface area contributed by atoms with Crippen LogP contribution in [0.4, 0.5) is 0 Å². The van der Waals surface area contributed by atoms with Crippen molar-refractivity contribution in [2.45, 2.75) is 40.0 Å². The minimum Gasteiger partial charge on any atom is -0.299 e. The van der Waals surface area contributed by atoms with E-state index in [1.165, 1.54) is 6.42 Å².